The Labute approximate surface area is 208 Å². The molecule has 0 unspecified atom stereocenters. The minimum Gasteiger partial charge on any atom is -0.492 e. The number of carbonyl (C=O) groups excluding carboxylic acids is 1. The molecule has 1 aliphatic rings. The fraction of sp³-hybridized carbons (Fsp3) is 0.345. The van der Waals surface area contributed by atoms with Crippen LogP contribution >= 0.6 is 0 Å². The minimum atomic E-state index is -0.0363. The highest BCUT2D eigenvalue weighted by Gasteiger charge is 2.18. The Morgan fingerprint density at radius 3 is 2.66 bits per heavy atom. The normalized spacial score (nSPS) is 14.5. The minimum absolute atomic E-state index is 0.0363. The summed E-state index contributed by atoms with van der Waals surface area (Å²) >= 11 is 0. The number of nitrogens with zero attached hydrogens (tertiary/aromatic N) is 2. The van der Waals surface area contributed by atoms with Gasteiger partial charge in [-0.15, -0.1) is 0 Å². The number of likely N-dealkylation sites (N-methyl/N-ethyl adjacent to an activating group) is 1. The molecule has 1 heterocycles. The maximum absolute atomic E-state index is 13.5. The van der Waals surface area contributed by atoms with Crippen molar-refractivity contribution in [3.8, 4) is 11.5 Å². The molecule has 0 saturated heterocycles. The van der Waals surface area contributed by atoms with Crippen LogP contribution in [0.1, 0.15) is 27.0 Å². The molecule has 2 bridgehead atoms. The Hall–Kier alpha value is -3.35. The van der Waals surface area contributed by atoms with Gasteiger partial charge in [0.15, 0.2) is 0 Å². The van der Waals surface area contributed by atoms with Crippen molar-refractivity contribution in [2.75, 3.05) is 53.6 Å². The zero-order chi connectivity index (χ0) is 24.5. The predicted octanol–water partition coefficient (Wildman–Crippen LogP) is 4.27. The fourth-order valence-corrected chi connectivity index (χ4v) is 4.06. The van der Waals surface area contributed by atoms with Crippen molar-refractivity contribution < 1.29 is 19.0 Å². The van der Waals surface area contributed by atoms with E-state index < -0.39 is 0 Å². The molecule has 35 heavy (non-hydrogen) atoms. The van der Waals surface area contributed by atoms with Gasteiger partial charge < -0.3 is 24.0 Å². The lowest BCUT2D eigenvalue weighted by Crippen LogP contribution is -2.34. The second kappa shape index (κ2) is 12.4. The number of amides is 1. The van der Waals surface area contributed by atoms with Crippen molar-refractivity contribution in [3.05, 3.63) is 95.1 Å². The lowest BCUT2D eigenvalue weighted by atomic mass is 10.0. The third-order valence-corrected chi connectivity index (χ3v) is 5.90. The van der Waals surface area contributed by atoms with Gasteiger partial charge in [0.05, 0.1) is 13.2 Å². The van der Waals surface area contributed by atoms with Crippen LogP contribution in [0.2, 0.25) is 0 Å². The van der Waals surface area contributed by atoms with E-state index in [1.54, 1.807) is 0 Å². The number of ether oxygens (including phenoxy) is 3. The van der Waals surface area contributed by atoms with Crippen LogP contribution in [0.5, 0.6) is 11.5 Å². The van der Waals surface area contributed by atoms with Gasteiger partial charge >= 0.3 is 0 Å². The maximum atomic E-state index is 13.5. The average molecular weight is 475 g/mol. The molecular formula is C29H34N2O4. The molecule has 6 heteroatoms. The van der Waals surface area contributed by atoms with Crippen LogP contribution in [0.3, 0.4) is 0 Å². The monoisotopic (exact) mass is 474 g/mol. The van der Waals surface area contributed by atoms with Crippen molar-refractivity contribution in [2.24, 2.45) is 0 Å². The van der Waals surface area contributed by atoms with Gasteiger partial charge in [0, 0.05) is 31.6 Å². The molecule has 0 N–H and O–H groups in total. The Morgan fingerprint density at radius 1 is 0.943 bits per heavy atom. The van der Waals surface area contributed by atoms with Gasteiger partial charge in [0.2, 0.25) is 0 Å². The van der Waals surface area contributed by atoms with Gasteiger partial charge in [-0.05, 0) is 55.1 Å². The van der Waals surface area contributed by atoms with Gasteiger partial charge in [0.1, 0.15) is 24.7 Å². The first-order chi connectivity index (χ1) is 17.1. The van der Waals surface area contributed by atoms with Crippen LogP contribution in [0.25, 0.3) is 0 Å². The van der Waals surface area contributed by atoms with Gasteiger partial charge in [-0.2, -0.15) is 0 Å². The summed E-state index contributed by atoms with van der Waals surface area (Å²) in [5.41, 5.74) is 4.03. The van der Waals surface area contributed by atoms with Crippen LogP contribution in [0.4, 0.5) is 0 Å². The Kier molecular flexibility index (Phi) is 8.76. The Morgan fingerprint density at radius 2 is 1.77 bits per heavy atom. The number of hydrogen-bond acceptors (Lipinski definition) is 5. The number of fused-ring (bicyclic) bond motifs is 3. The first kappa shape index (κ1) is 24.8. The zero-order valence-electron chi connectivity index (χ0n) is 20.6. The van der Waals surface area contributed by atoms with Gasteiger partial charge in [0.25, 0.3) is 5.91 Å². The molecule has 1 aliphatic heterocycles. The quantitative estimate of drug-likeness (QED) is 0.553. The lowest BCUT2D eigenvalue weighted by molar-refractivity contribution is 0.0571. The molecular weight excluding hydrogens is 440 g/mol. The van der Waals surface area contributed by atoms with Gasteiger partial charge in [-0.1, -0.05) is 48.5 Å². The summed E-state index contributed by atoms with van der Waals surface area (Å²) in [5, 5.41) is 0. The van der Waals surface area contributed by atoms with E-state index in [2.05, 4.69) is 35.2 Å². The zero-order valence-corrected chi connectivity index (χ0v) is 20.6. The molecule has 0 fully saturated rings. The molecule has 0 atom stereocenters. The molecule has 0 radical (unpaired) electrons. The third kappa shape index (κ3) is 7.31. The summed E-state index contributed by atoms with van der Waals surface area (Å²) in [5.74, 6) is 1.56. The predicted molar refractivity (Wildman–Crippen MR) is 137 cm³/mol. The van der Waals surface area contributed by atoms with E-state index in [1.165, 1.54) is 5.56 Å². The second-order valence-corrected chi connectivity index (χ2v) is 8.97. The fourth-order valence-electron chi connectivity index (χ4n) is 4.06. The highest BCUT2D eigenvalue weighted by atomic mass is 16.5. The highest BCUT2D eigenvalue weighted by molar-refractivity contribution is 5.94. The largest absolute Gasteiger partial charge is 0.492 e. The molecule has 184 valence electrons. The smallest absolute Gasteiger partial charge is 0.254 e. The maximum Gasteiger partial charge on any atom is 0.254 e. The van der Waals surface area contributed by atoms with E-state index in [-0.39, 0.29) is 5.91 Å². The number of carbonyl (C=O) groups is 1. The van der Waals surface area contributed by atoms with Gasteiger partial charge in [-0.3, -0.25) is 4.79 Å². The van der Waals surface area contributed by atoms with E-state index in [1.807, 2.05) is 61.5 Å². The Bertz CT molecular complexity index is 1120. The number of para-hydroxylation sites is 1. The van der Waals surface area contributed by atoms with Crippen LogP contribution in [0.15, 0.2) is 72.8 Å². The topological polar surface area (TPSA) is 51.2 Å². The SMILES string of the molecule is CN(C)CCOc1cccc(C(=O)N2CCOCCOc3ccccc3Cc3cccc(c3)C2)c1. The van der Waals surface area contributed by atoms with E-state index >= 15 is 0 Å². The van der Waals surface area contributed by atoms with Crippen LogP contribution in [-0.4, -0.2) is 69.3 Å². The molecule has 0 aliphatic carbocycles. The number of rotatable bonds is 5. The number of benzene rings is 3. The third-order valence-electron chi connectivity index (χ3n) is 5.90. The number of hydrogen-bond donors (Lipinski definition) is 0. The van der Waals surface area contributed by atoms with E-state index in [9.17, 15) is 4.79 Å². The van der Waals surface area contributed by atoms with Crippen molar-refractivity contribution >= 4 is 5.91 Å². The molecule has 6 nitrogen and oxygen atoms in total. The van der Waals surface area contributed by atoms with E-state index in [0.717, 1.165) is 29.8 Å². The molecule has 4 rings (SSSR count). The molecule has 1 amide bonds. The summed E-state index contributed by atoms with van der Waals surface area (Å²) in [6.45, 7) is 3.77. The molecule has 3 aromatic carbocycles. The Balaban J connectivity index is 1.53. The average Bonchev–Trinajstić information content (AvgIpc) is 2.85. The lowest BCUT2D eigenvalue weighted by Gasteiger charge is -2.24. The molecule has 0 spiro atoms. The van der Waals surface area contributed by atoms with E-state index in [4.69, 9.17) is 14.2 Å². The summed E-state index contributed by atoms with van der Waals surface area (Å²) in [7, 11) is 4.01. The van der Waals surface area contributed by atoms with Gasteiger partial charge in [-0.25, -0.2) is 0 Å². The molecule has 0 saturated carbocycles. The molecule has 3 aromatic rings. The van der Waals surface area contributed by atoms with Crippen LogP contribution < -0.4 is 9.47 Å². The summed E-state index contributed by atoms with van der Waals surface area (Å²) in [6.07, 6.45) is 0.769. The summed E-state index contributed by atoms with van der Waals surface area (Å²) in [4.78, 5) is 17.4. The van der Waals surface area contributed by atoms with Crippen LogP contribution in [0, 0.1) is 0 Å². The summed E-state index contributed by atoms with van der Waals surface area (Å²) < 4.78 is 17.6. The van der Waals surface area contributed by atoms with Crippen molar-refractivity contribution in [1.82, 2.24) is 9.80 Å². The first-order valence-corrected chi connectivity index (χ1v) is 12.1. The standard InChI is InChI=1S/C29H34N2O4/c1-30(2)13-16-34-27-11-6-10-26(21-27)29(32)31-14-15-33-17-18-35-28-12-4-3-9-25(28)20-23-7-5-8-24(19-23)22-31/h3-12,19,21H,13-18,20,22H2,1-2H3. The summed E-state index contributed by atoms with van der Waals surface area (Å²) in [6, 6.07) is 24.0. The van der Waals surface area contributed by atoms with Crippen LogP contribution in [-0.2, 0) is 17.7 Å². The van der Waals surface area contributed by atoms with Crippen molar-refractivity contribution in [2.45, 2.75) is 13.0 Å². The van der Waals surface area contributed by atoms with Crippen molar-refractivity contribution in [3.63, 3.8) is 0 Å². The first-order valence-electron chi connectivity index (χ1n) is 12.1. The van der Waals surface area contributed by atoms with E-state index in [0.29, 0.717) is 50.8 Å². The van der Waals surface area contributed by atoms with Crippen molar-refractivity contribution in [1.29, 1.82) is 0 Å². The second-order valence-electron chi connectivity index (χ2n) is 8.97. The highest BCUT2D eigenvalue weighted by Crippen LogP contribution is 2.23. The molecule has 0 aromatic heterocycles.